The Balaban J connectivity index is 2.02. The fourth-order valence-electron chi connectivity index (χ4n) is 2.24. The van der Waals surface area contributed by atoms with E-state index in [4.69, 9.17) is 4.74 Å². The SMILES string of the molecule is COCCNCc1cccn1[C@@H](C)c1ccccc1. The first-order chi connectivity index (χ1) is 9.33. The van der Waals surface area contributed by atoms with Gasteiger partial charge in [0.05, 0.1) is 12.6 Å². The van der Waals surface area contributed by atoms with Gasteiger partial charge in [0.15, 0.2) is 0 Å². The van der Waals surface area contributed by atoms with Gasteiger partial charge in [0.2, 0.25) is 0 Å². The summed E-state index contributed by atoms with van der Waals surface area (Å²) in [7, 11) is 1.72. The molecule has 0 aliphatic rings. The standard InChI is InChI=1S/C16H22N2O/c1-14(15-7-4-3-5-8-15)18-11-6-9-16(18)13-17-10-12-19-2/h3-9,11,14,17H,10,12-13H2,1-2H3/t14-/m0/s1. The van der Waals surface area contributed by atoms with Gasteiger partial charge in [-0.1, -0.05) is 30.3 Å². The molecule has 0 radical (unpaired) electrons. The summed E-state index contributed by atoms with van der Waals surface area (Å²) in [5, 5.41) is 3.39. The van der Waals surface area contributed by atoms with Crippen LogP contribution in [0, 0.1) is 0 Å². The zero-order valence-corrected chi connectivity index (χ0v) is 11.7. The molecule has 1 N–H and O–H groups in total. The fraction of sp³-hybridized carbons (Fsp3) is 0.375. The van der Waals surface area contributed by atoms with Crippen LogP contribution in [0.5, 0.6) is 0 Å². The molecule has 0 fully saturated rings. The van der Waals surface area contributed by atoms with Gasteiger partial charge in [0.1, 0.15) is 0 Å². The van der Waals surface area contributed by atoms with E-state index in [1.807, 2.05) is 0 Å². The highest BCUT2D eigenvalue weighted by Gasteiger charge is 2.09. The molecule has 0 aliphatic carbocycles. The van der Waals surface area contributed by atoms with Gasteiger partial charge >= 0.3 is 0 Å². The lowest BCUT2D eigenvalue weighted by molar-refractivity contribution is 0.199. The number of hydrogen-bond acceptors (Lipinski definition) is 2. The molecule has 102 valence electrons. The second-order valence-corrected chi connectivity index (χ2v) is 4.66. The van der Waals surface area contributed by atoms with Gasteiger partial charge < -0.3 is 14.6 Å². The van der Waals surface area contributed by atoms with Crippen molar-refractivity contribution in [2.75, 3.05) is 20.3 Å². The molecule has 1 aromatic heterocycles. The highest BCUT2D eigenvalue weighted by molar-refractivity contribution is 5.21. The summed E-state index contributed by atoms with van der Waals surface area (Å²) in [6.45, 7) is 4.72. The summed E-state index contributed by atoms with van der Waals surface area (Å²) in [5.41, 5.74) is 2.63. The Morgan fingerprint density at radius 1 is 1.16 bits per heavy atom. The van der Waals surface area contributed by atoms with Gasteiger partial charge in [-0.05, 0) is 24.6 Å². The molecule has 1 heterocycles. The van der Waals surface area contributed by atoms with Crippen LogP contribution in [0.2, 0.25) is 0 Å². The van der Waals surface area contributed by atoms with Crippen molar-refractivity contribution in [3.8, 4) is 0 Å². The average Bonchev–Trinajstić information content (AvgIpc) is 2.92. The smallest absolute Gasteiger partial charge is 0.0587 e. The molecular formula is C16H22N2O. The first-order valence-electron chi connectivity index (χ1n) is 6.73. The van der Waals surface area contributed by atoms with Gasteiger partial charge in [-0.2, -0.15) is 0 Å². The largest absolute Gasteiger partial charge is 0.383 e. The summed E-state index contributed by atoms with van der Waals surface area (Å²) < 4.78 is 7.35. The normalized spacial score (nSPS) is 12.5. The number of nitrogens with zero attached hydrogens (tertiary/aromatic N) is 1. The van der Waals surface area contributed by atoms with Gasteiger partial charge in [-0.15, -0.1) is 0 Å². The molecule has 0 unspecified atom stereocenters. The summed E-state index contributed by atoms with van der Waals surface area (Å²) >= 11 is 0. The summed E-state index contributed by atoms with van der Waals surface area (Å²) in [5.74, 6) is 0. The number of methoxy groups -OCH3 is 1. The summed E-state index contributed by atoms with van der Waals surface area (Å²) in [4.78, 5) is 0. The first-order valence-corrected chi connectivity index (χ1v) is 6.73. The van der Waals surface area contributed by atoms with Crippen LogP contribution in [0.4, 0.5) is 0 Å². The third-order valence-corrected chi connectivity index (χ3v) is 3.36. The Labute approximate surface area is 115 Å². The lowest BCUT2D eigenvalue weighted by Gasteiger charge is -2.18. The van der Waals surface area contributed by atoms with Gasteiger partial charge in [0, 0.05) is 32.1 Å². The first kappa shape index (κ1) is 13.8. The van der Waals surface area contributed by atoms with E-state index >= 15 is 0 Å². The third-order valence-electron chi connectivity index (χ3n) is 3.36. The highest BCUT2D eigenvalue weighted by atomic mass is 16.5. The fourth-order valence-corrected chi connectivity index (χ4v) is 2.24. The van der Waals surface area contributed by atoms with Crippen LogP contribution < -0.4 is 5.32 Å². The van der Waals surface area contributed by atoms with E-state index in [1.54, 1.807) is 7.11 Å². The summed E-state index contributed by atoms with van der Waals surface area (Å²) in [6.07, 6.45) is 2.14. The quantitative estimate of drug-likeness (QED) is 0.773. The Bertz CT molecular complexity index is 479. The number of benzene rings is 1. The van der Waals surface area contributed by atoms with Crippen molar-refractivity contribution >= 4 is 0 Å². The maximum absolute atomic E-state index is 5.04. The zero-order valence-electron chi connectivity index (χ0n) is 11.7. The number of rotatable bonds is 7. The molecule has 0 saturated carbocycles. The molecule has 0 spiro atoms. The van der Waals surface area contributed by atoms with Crippen LogP contribution >= 0.6 is 0 Å². The minimum atomic E-state index is 0.357. The average molecular weight is 258 g/mol. The molecule has 1 atom stereocenters. The van der Waals surface area contributed by atoms with Crippen molar-refractivity contribution in [2.45, 2.75) is 19.5 Å². The monoisotopic (exact) mass is 258 g/mol. The number of nitrogens with one attached hydrogen (secondary N) is 1. The van der Waals surface area contributed by atoms with Gasteiger partial charge in [-0.3, -0.25) is 0 Å². The van der Waals surface area contributed by atoms with Crippen molar-refractivity contribution in [2.24, 2.45) is 0 Å². The highest BCUT2D eigenvalue weighted by Crippen LogP contribution is 2.19. The van der Waals surface area contributed by atoms with Crippen LogP contribution in [-0.2, 0) is 11.3 Å². The molecule has 3 nitrogen and oxygen atoms in total. The van der Waals surface area contributed by atoms with Gasteiger partial charge in [-0.25, -0.2) is 0 Å². The summed E-state index contributed by atoms with van der Waals surface area (Å²) in [6, 6.07) is 15.2. The second-order valence-electron chi connectivity index (χ2n) is 4.66. The number of ether oxygens (including phenoxy) is 1. The van der Waals surface area contributed by atoms with Crippen molar-refractivity contribution in [3.63, 3.8) is 0 Å². The Morgan fingerprint density at radius 3 is 2.68 bits per heavy atom. The van der Waals surface area contributed by atoms with Crippen molar-refractivity contribution in [3.05, 3.63) is 59.9 Å². The topological polar surface area (TPSA) is 26.2 Å². The van der Waals surface area contributed by atoms with E-state index in [-0.39, 0.29) is 0 Å². The Kier molecular flexibility index (Phi) is 5.19. The van der Waals surface area contributed by atoms with E-state index in [2.05, 4.69) is 65.5 Å². The van der Waals surface area contributed by atoms with E-state index in [9.17, 15) is 0 Å². The third kappa shape index (κ3) is 3.69. The maximum atomic E-state index is 5.04. The van der Waals surface area contributed by atoms with Crippen LogP contribution in [0.1, 0.15) is 24.2 Å². The van der Waals surface area contributed by atoms with Gasteiger partial charge in [0.25, 0.3) is 0 Å². The minimum Gasteiger partial charge on any atom is -0.383 e. The number of aromatic nitrogens is 1. The molecule has 19 heavy (non-hydrogen) atoms. The maximum Gasteiger partial charge on any atom is 0.0587 e. The van der Waals surface area contributed by atoms with Crippen molar-refractivity contribution < 1.29 is 4.74 Å². The van der Waals surface area contributed by atoms with Crippen LogP contribution in [0.3, 0.4) is 0 Å². The zero-order chi connectivity index (χ0) is 13.5. The molecule has 2 rings (SSSR count). The Morgan fingerprint density at radius 2 is 1.95 bits per heavy atom. The van der Waals surface area contributed by atoms with Crippen molar-refractivity contribution in [1.29, 1.82) is 0 Å². The lowest BCUT2D eigenvalue weighted by atomic mass is 10.1. The second kappa shape index (κ2) is 7.12. The predicted molar refractivity (Wildman–Crippen MR) is 78.3 cm³/mol. The molecule has 3 heteroatoms. The van der Waals surface area contributed by atoms with Crippen molar-refractivity contribution in [1.82, 2.24) is 9.88 Å². The number of hydrogen-bond donors (Lipinski definition) is 1. The van der Waals surface area contributed by atoms with E-state index in [0.717, 1.165) is 19.7 Å². The molecular weight excluding hydrogens is 236 g/mol. The Hall–Kier alpha value is -1.58. The predicted octanol–water partition coefficient (Wildman–Crippen LogP) is 2.83. The molecule has 2 aromatic rings. The molecule has 0 bridgehead atoms. The lowest BCUT2D eigenvalue weighted by Crippen LogP contribution is -2.21. The van der Waals surface area contributed by atoms with E-state index in [0.29, 0.717) is 6.04 Å². The van der Waals surface area contributed by atoms with Crippen LogP contribution in [0.15, 0.2) is 48.7 Å². The van der Waals surface area contributed by atoms with E-state index in [1.165, 1.54) is 11.3 Å². The van der Waals surface area contributed by atoms with Crippen LogP contribution in [-0.4, -0.2) is 24.8 Å². The molecule has 0 amide bonds. The van der Waals surface area contributed by atoms with E-state index < -0.39 is 0 Å². The minimum absolute atomic E-state index is 0.357. The van der Waals surface area contributed by atoms with Crippen LogP contribution in [0.25, 0.3) is 0 Å². The molecule has 0 aliphatic heterocycles. The molecule has 1 aromatic carbocycles. The molecule has 0 saturated heterocycles.